The maximum Gasteiger partial charge on any atom is 0.321 e. The number of nitrogens with zero attached hydrogens (tertiary/aromatic N) is 1. The van der Waals surface area contributed by atoms with Gasteiger partial charge in [-0.2, -0.15) is 4.31 Å². The van der Waals surface area contributed by atoms with Gasteiger partial charge in [-0.25, -0.2) is 8.42 Å². The molecule has 8 heteroatoms. The van der Waals surface area contributed by atoms with Crippen molar-refractivity contribution >= 4 is 21.9 Å². The van der Waals surface area contributed by atoms with Crippen molar-refractivity contribution in [2.24, 2.45) is 0 Å². The number of carbonyl (C=O) groups excluding carboxylic acids is 1. The molecule has 0 saturated heterocycles. The molecule has 1 aromatic rings. The molecule has 7 nitrogen and oxygen atoms in total. The standard InChI is InChI=1S/C15H22N2O5S/c1-10-5-6-14(11(2)9-10)23(21,22)17(12(3)15(19)20)8-7-16-13(4)18/h5-6,9,12H,7-8H2,1-4H3,(H,16,18)(H,19,20). The number of carboxylic acid groups (broad SMARTS) is 1. The van der Waals surface area contributed by atoms with Gasteiger partial charge >= 0.3 is 5.97 Å². The minimum Gasteiger partial charge on any atom is -0.480 e. The molecule has 23 heavy (non-hydrogen) atoms. The summed E-state index contributed by atoms with van der Waals surface area (Å²) in [6.07, 6.45) is 0. The van der Waals surface area contributed by atoms with Gasteiger partial charge in [0.2, 0.25) is 15.9 Å². The predicted octanol–water partition coefficient (Wildman–Crippen LogP) is 0.903. The maximum atomic E-state index is 12.8. The first kappa shape index (κ1) is 19.1. The Bertz CT molecular complexity index is 700. The molecule has 1 rings (SSSR count). The van der Waals surface area contributed by atoms with Gasteiger partial charge in [0, 0.05) is 20.0 Å². The van der Waals surface area contributed by atoms with Crippen LogP contribution < -0.4 is 5.32 Å². The third-order valence-corrected chi connectivity index (χ3v) is 5.54. The van der Waals surface area contributed by atoms with Crippen molar-refractivity contribution in [1.82, 2.24) is 9.62 Å². The summed E-state index contributed by atoms with van der Waals surface area (Å²) in [6, 6.07) is 3.62. The van der Waals surface area contributed by atoms with Crippen LogP contribution in [0.1, 0.15) is 25.0 Å². The number of amides is 1. The molecular formula is C15H22N2O5S. The topological polar surface area (TPSA) is 104 Å². The largest absolute Gasteiger partial charge is 0.480 e. The zero-order chi connectivity index (χ0) is 17.8. The number of hydrogen-bond donors (Lipinski definition) is 2. The van der Waals surface area contributed by atoms with Crippen LogP contribution in [0.3, 0.4) is 0 Å². The van der Waals surface area contributed by atoms with Gasteiger partial charge in [0.05, 0.1) is 4.90 Å². The van der Waals surface area contributed by atoms with E-state index in [9.17, 15) is 23.1 Å². The third-order valence-electron chi connectivity index (χ3n) is 3.41. The SMILES string of the molecule is CC(=O)NCCN(C(C)C(=O)O)S(=O)(=O)c1ccc(C)cc1C. The fourth-order valence-electron chi connectivity index (χ4n) is 2.20. The molecule has 1 amide bonds. The zero-order valence-corrected chi connectivity index (χ0v) is 14.5. The third kappa shape index (κ3) is 4.77. The van der Waals surface area contributed by atoms with Gasteiger partial charge in [0.1, 0.15) is 6.04 Å². The Morgan fingerprint density at radius 1 is 1.30 bits per heavy atom. The Kier molecular flexibility index (Phi) is 6.28. The Labute approximate surface area is 136 Å². The highest BCUT2D eigenvalue weighted by Crippen LogP contribution is 2.22. The molecule has 128 valence electrons. The Morgan fingerprint density at radius 3 is 2.39 bits per heavy atom. The van der Waals surface area contributed by atoms with Crippen molar-refractivity contribution in [3.05, 3.63) is 29.3 Å². The van der Waals surface area contributed by atoms with E-state index in [1.807, 2.05) is 6.92 Å². The van der Waals surface area contributed by atoms with Crippen LogP contribution in [0.2, 0.25) is 0 Å². The van der Waals surface area contributed by atoms with E-state index in [1.165, 1.54) is 19.9 Å². The molecule has 0 radical (unpaired) electrons. The van der Waals surface area contributed by atoms with E-state index in [-0.39, 0.29) is 23.9 Å². The number of nitrogens with one attached hydrogen (secondary N) is 1. The zero-order valence-electron chi connectivity index (χ0n) is 13.7. The molecule has 1 aromatic carbocycles. The Morgan fingerprint density at radius 2 is 1.91 bits per heavy atom. The smallest absolute Gasteiger partial charge is 0.321 e. The molecule has 2 N–H and O–H groups in total. The highest BCUT2D eigenvalue weighted by atomic mass is 32.2. The number of carbonyl (C=O) groups is 2. The summed E-state index contributed by atoms with van der Waals surface area (Å²) in [5.74, 6) is -1.56. The normalized spacial score (nSPS) is 12.9. The second kappa shape index (κ2) is 7.56. The highest BCUT2D eigenvalue weighted by molar-refractivity contribution is 7.89. The minimum atomic E-state index is -3.99. The molecule has 0 fully saturated rings. The molecule has 0 spiro atoms. The van der Waals surface area contributed by atoms with Gasteiger partial charge in [-0.15, -0.1) is 0 Å². The minimum absolute atomic E-state index is 0.0388. The van der Waals surface area contributed by atoms with Gasteiger partial charge < -0.3 is 10.4 Å². The molecule has 0 heterocycles. The van der Waals surface area contributed by atoms with E-state index >= 15 is 0 Å². The van der Waals surface area contributed by atoms with Crippen LogP contribution in [0.15, 0.2) is 23.1 Å². The second-order valence-electron chi connectivity index (χ2n) is 5.38. The van der Waals surface area contributed by atoms with E-state index in [4.69, 9.17) is 0 Å². The molecule has 0 aliphatic heterocycles. The van der Waals surface area contributed by atoms with Crippen LogP contribution in [0.4, 0.5) is 0 Å². The first-order valence-corrected chi connectivity index (χ1v) is 8.57. The van der Waals surface area contributed by atoms with Crippen molar-refractivity contribution in [1.29, 1.82) is 0 Å². The van der Waals surface area contributed by atoms with Gasteiger partial charge in [-0.3, -0.25) is 9.59 Å². The quantitative estimate of drug-likeness (QED) is 0.766. The Balaban J connectivity index is 3.21. The van der Waals surface area contributed by atoms with Gasteiger partial charge in [0.25, 0.3) is 0 Å². The van der Waals surface area contributed by atoms with Crippen LogP contribution in [0, 0.1) is 13.8 Å². The van der Waals surface area contributed by atoms with Gasteiger partial charge in [-0.1, -0.05) is 17.7 Å². The molecule has 0 aliphatic rings. The van der Waals surface area contributed by atoms with E-state index in [2.05, 4.69) is 5.32 Å². The van der Waals surface area contributed by atoms with Crippen molar-refractivity contribution in [3.63, 3.8) is 0 Å². The van der Waals surface area contributed by atoms with Crippen LogP contribution in [-0.2, 0) is 19.6 Å². The summed E-state index contributed by atoms with van der Waals surface area (Å²) < 4.78 is 26.6. The summed E-state index contributed by atoms with van der Waals surface area (Å²) in [6.45, 7) is 6.04. The lowest BCUT2D eigenvalue weighted by atomic mass is 10.2. The van der Waals surface area contributed by atoms with Crippen molar-refractivity contribution in [3.8, 4) is 0 Å². The number of hydrogen-bond acceptors (Lipinski definition) is 4. The number of rotatable bonds is 7. The average molecular weight is 342 g/mol. The fraction of sp³-hybridized carbons (Fsp3) is 0.467. The molecule has 0 aliphatic carbocycles. The molecule has 1 unspecified atom stereocenters. The van der Waals surface area contributed by atoms with Gasteiger partial charge in [0.15, 0.2) is 0 Å². The van der Waals surface area contributed by atoms with Crippen LogP contribution in [0.25, 0.3) is 0 Å². The first-order chi connectivity index (χ1) is 10.6. The molecule has 1 atom stereocenters. The van der Waals surface area contributed by atoms with Crippen LogP contribution >= 0.6 is 0 Å². The van der Waals surface area contributed by atoms with E-state index in [1.54, 1.807) is 19.1 Å². The Hall–Kier alpha value is -1.93. The number of benzene rings is 1. The summed E-state index contributed by atoms with van der Waals surface area (Å²) in [7, 11) is -3.99. The van der Waals surface area contributed by atoms with Crippen molar-refractivity contribution < 1.29 is 23.1 Å². The molecule has 0 bridgehead atoms. The van der Waals surface area contributed by atoms with E-state index < -0.39 is 22.0 Å². The number of sulfonamides is 1. The summed E-state index contributed by atoms with van der Waals surface area (Å²) >= 11 is 0. The van der Waals surface area contributed by atoms with Crippen LogP contribution in [-0.4, -0.2) is 48.8 Å². The van der Waals surface area contributed by atoms with Gasteiger partial charge in [-0.05, 0) is 32.4 Å². The summed E-state index contributed by atoms with van der Waals surface area (Å²) in [4.78, 5) is 22.3. The molecule has 0 aromatic heterocycles. The number of aliphatic carboxylic acids is 1. The molecular weight excluding hydrogens is 320 g/mol. The van der Waals surface area contributed by atoms with Crippen molar-refractivity contribution in [2.45, 2.75) is 38.6 Å². The lowest BCUT2D eigenvalue weighted by Gasteiger charge is -2.26. The summed E-state index contributed by atoms with van der Waals surface area (Å²) in [5.41, 5.74) is 1.46. The molecule has 0 saturated carbocycles. The summed E-state index contributed by atoms with van der Waals surface area (Å²) in [5, 5.41) is 11.7. The number of carboxylic acids is 1. The highest BCUT2D eigenvalue weighted by Gasteiger charge is 2.33. The fourth-order valence-corrected chi connectivity index (χ4v) is 4.00. The van der Waals surface area contributed by atoms with Crippen molar-refractivity contribution in [2.75, 3.05) is 13.1 Å². The van der Waals surface area contributed by atoms with E-state index in [0.29, 0.717) is 5.56 Å². The second-order valence-corrected chi connectivity index (χ2v) is 7.24. The average Bonchev–Trinajstić information content (AvgIpc) is 2.41. The maximum absolute atomic E-state index is 12.8. The predicted molar refractivity (Wildman–Crippen MR) is 85.6 cm³/mol. The number of aryl methyl sites for hydroxylation is 2. The van der Waals surface area contributed by atoms with Crippen LogP contribution in [0.5, 0.6) is 0 Å². The monoisotopic (exact) mass is 342 g/mol. The first-order valence-electron chi connectivity index (χ1n) is 7.13. The lowest BCUT2D eigenvalue weighted by Crippen LogP contribution is -2.46. The van der Waals surface area contributed by atoms with E-state index in [0.717, 1.165) is 9.87 Å². The lowest BCUT2D eigenvalue weighted by molar-refractivity contribution is -0.140.